The highest BCUT2D eigenvalue weighted by molar-refractivity contribution is 6.02. The van der Waals surface area contributed by atoms with Crippen LogP contribution in [0.5, 0.6) is 0 Å². The fourth-order valence-electron chi connectivity index (χ4n) is 3.88. The second kappa shape index (κ2) is 6.60. The van der Waals surface area contributed by atoms with E-state index in [-0.39, 0.29) is 24.6 Å². The average Bonchev–Trinajstić information content (AvgIpc) is 3.09. The van der Waals surface area contributed by atoms with Gasteiger partial charge in [-0.2, -0.15) is 0 Å². The quantitative estimate of drug-likeness (QED) is 0.551. The molecule has 2 aliphatic heterocycles. The van der Waals surface area contributed by atoms with Gasteiger partial charge in [0.05, 0.1) is 32.8 Å². The van der Waals surface area contributed by atoms with Crippen LogP contribution in [0.25, 0.3) is 0 Å². The first kappa shape index (κ1) is 17.3. The van der Waals surface area contributed by atoms with Gasteiger partial charge < -0.3 is 19.1 Å². The zero-order chi connectivity index (χ0) is 17.2. The van der Waals surface area contributed by atoms with Crippen molar-refractivity contribution in [3.63, 3.8) is 0 Å². The molecule has 128 valence electrons. The number of hydrogen-bond donors (Lipinski definition) is 0. The molecule has 0 aromatic heterocycles. The molecule has 0 aromatic rings. The van der Waals surface area contributed by atoms with Crippen LogP contribution in [-0.4, -0.2) is 56.2 Å². The molecule has 23 heavy (non-hydrogen) atoms. The minimum Gasteiger partial charge on any atom is -0.468 e. The van der Waals surface area contributed by atoms with Crippen LogP contribution in [0.1, 0.15) is 33.1 Å². The van der Waals surface area contributed by atoms with Crippen LogP contribution < -0.4 is 0 Å². The number of esters is 3. The Bertz CT molecular complexity index is 555. The van der Waals surface area contributed by atoms with Crippen molar-refractivity contribution in [2.75, 3.05) is 27.4 Å². The van der Waals surface area contributed by atoms with Crippen LogP contribution in [0.3, 0.4) is 0 Å². The molecule has 0 aromatic carbocycles. The van der Waals surface area contributed by atoms with Gasteiger partial charge in [0.1, 0.15) is 5.41 Å². The third-order valence-electron chi connectivity index (χ3n) is 4.73. The topological polar surface area (TPSA) is 82.1 Å². The van der Waals surface area contributed by atoms with Gasteiger partial charge in [-0.15, -0.1) is 0 Å². The van der Waals surface area contributed by atoms with Crippen LogP contribution in [0.4, 0.5) is 0 Å². The highest BCUT2D eigenvalue weighted by atomic mass is 16.5. The third kappa shape index (κ3) is 2.58. The van der Waals surface area contributed by atoms with E-state index in [0.29, 0.717) is 12.1 Å². The molecule has 2 heterocycles. The Morgan fingerprint density at radius 1 is 1.26 bits per heavy atom. The molecule has 2 aliphatic rings. The van der Waals surface area contributed by atoms with Crippen LogP contribution in [0, 0.1) is 5.41 Å². The monoisotopic (exact) mass is 325 g/mol. The van der Waals surface area contributed by atoms with Crippen LogP contribution >= 0.6 is 0 Å². The van der Waals surface area contributed by atoms with Gasteiger partial charge in [0, 0.05) is 18.3 Å². The van der Waals surface area contributed by atoms with Gasteiger partial charge in [-0.3, -0.25) is 9.59 Å². The van der Waals surface area contributed by atoms with Crippen molar-refractivity contribution in [1.29, 1.82) is 0 Å². The molecule has 7 nitrogen and oxygen atoms in total. The molecule has 2 atom stereocenters. The lowest BCUT2D eigenvalue weighted by atomic mass is 9.72. The molecule has 0 N–H and O–H groups in total. The van der Waals surface area contributed by atoms with Crippen molar-refractivity contribution < 1.29 is 28.6 Å². The minimum atomic E-state index is -1.37. The summed E-state index contributed by atoms with van der Waals surface area (Å²) in [6.07, 6.45) is 1.36. The fourth-order valence-corrected chi connectivity index (χ4v) is 3.88. The molecule has 0 radical (unpaired) electrons. The largest absolute Gasteiger partial charge is 0.468 e. The summed E-state index contributed by atoms with van der Waals surface area (Å²) in [5, 5.41) is 0. The Morgan fingerprint density at radius 3 is 2.52 bits per heavy atom. The lowest BCUT2D eigenvalue weighted by molar-refractivity contribution is -0.162. The summed E-state index contributed by atoms with van der Waals surface area (Å²) in [4.78, 5) is 39.2. The highest BCUT2D eigenvalue weighted by Gasteiger charge is 2.62. The zero-order valence-electron chi connectivity index (χ0n) is 14.0. The van der Waals surface area contributed by atoms with Gasteiger partial charge in [0.25, 0.3) is 0 Å². The van der Waals surface area contributed by atoms with E-state index in [9.17, 15) is 14.4 Å². The normalized spacial score (nSPS) is 26.1. The first-order chi connectivity index (χ1) is 10.9. The molecule has 0 unspecified atom stereocenters. The molecule has 7 heteroatoms. The van der Waals surface area contributed by atoms with Gasteiger partial charge in [-0.05, 0) is 26.7 Å². The van der Waals surface area contributed by atoms with E-state index >= 15 is 0 Å². The van der Waals surface area contributed by atoms with E-state index in [4.69, 9.17) is 14.2 Å². The molecule has 0 aliphatic carbocycles. The van der Waals surface area contributed by atoms with Crippen LogP contribution in [0.2, 0.25) is 0 Å². The fraction of sp³-hybridized carbons (Fsp3) is 0.688. The van der Waals surface area contributed by atoms with E-state index in [1.54, 1.807) is 13.8 Å². The van der Waals surface area contributed by atoms with E-state index in [0.717, 1.165) is 13.0 Å². The number of fused-ring (bicyclic) bond motifs is 1. The van der Waals surface area contributed by atoms with Gasteiger partial charge in [0.2, 0.25) is 0 Å². The first-order valence-corrected chi connectivity index (χ1v) is 7.74. The van der Waals surface area contributed by atoms with E-state index in [1.807, 2.05) is 4.90 Å². The Balaban J connectivity index is 2.57. The molecule has 1 fully saturated rings. The summed E-state index contributed by atoms with van der Waals surface area (Å²) in [5.41, 5.74) is -0.479. The number of carbonyl (C=O) groups excluding carboxylic acids is 3. The summed E-state index contributed by atoms with van der Waals surface area (Å²) in [5.74, 6) is -1.73. The standard InChI is InChI=1S/C16H23NO6/c1-5-23-12(18)9-16(15(20)22-4)11-7-6-8-17(11)10(2)13(16)14(19)21-3/h11H,5-9H2,1-4H3/t11-,16-/m1/s1. The molecular formula is C16H23NO6. The van der Waals surface area contributed by atoms with Gasteiger partial charge in [0.15, 0.2) is 0 Å². The Labute approximate surface area is 135 Å². The highest BCUT2D eigenvalue weighted by Crippen LogP contribution is 2.52. The lowest BCUT2D eigenvalue weighted by Gasteiger charge is -2.33. The minimum absolute atomic E-state index is 0.209. The van der Waals surface area contributed by atoms with Crippen LogP contribution in [-0.2, 0) is 28.6 Å². The van der Waals surface area contributed by atoms with E-state index in [1.165, 1.54) is 14.2 Å². The molecule has 2 rings (SSSR count). The number of methoxy groups -OCH3 is 2. The number of allylic oxidation sites excluding steroid dienone is 1. The summed E-state index contributed by atoms with van der Waals surface area (Å²) in [7, 11) is 2.52. The third-order valence-corrected chi connectivity index (χ3v) is 4.73. The zero-order valence-corrected chi connectivity index (χ0v) is 14.0. The second-order valence-corrected chi connectivity index (χ2v) is 5.75. The number of rotatable bonds is 5. The molecule has 1 saturated heterocycles. The lowest BCUT2D eigenvalue weighted by Crippen LogP contribution is -2.48. The van der Waals surface area contributed by atoms with Gasteiger partial charge in [-0.1, -0.05) is 0 Å². The van der Waals surface area contributed by atoms with Crippen LogP contribution in [0.15, 0.2) is 11.3 Å². The van der Waals surface area contributed by atoms with E-state index < -0.39 is 23.3 Å². The SMILES string of the molecule is CCOC(=O)C[C@]1(C(=O)OC)C(C(=O)OC)=C(C)N2CCC[C@@H]21. The van der Waals surface area contributed by atoms with Crippen molar-refractivity contribution >= 4 is 17.9 Å². The van der Waals surface area contributed by atoms with Crippen molar-refractivity contribution in [3.05, 3.63) is 11.3 Å². The van der Waals surface area contributed by atoms with Crippen molar-refractivity contribution in [3.8, 4) is 0 Å². The predicted molar refractivity (Wildman–Crippen MR) is 80.1 cm³/mol. The number of nitrogens with zero attached hydrogens (tertiary/aromatic N) is 1. The number of ether oxygens (including phenoxy) is 3. The predicted octanol–water partition coefficient (Wildman–Crippen LogP) is 1.02. The Hall–Kier alpha value is -2.05. The summed E-state index contributed by atoms with van der Waals surface area (Å²) < 4.78 is 14.9. The Kier molecular flexibility index (Phi) is 4.97. The molecule has 0 spiro atoms. The second-order valence-electron chi connectivity index (χ2n) is 5.75. The maximum Gasteiger partial charge on any atom is 0.336 e. The average molecular weight is 325 g/mol. The maximum absolute atomic E-state index is 12.7. The number of hydrogen-bond acceptors (Lipinski definition) is 7. The van der Waals surface area contributed by atoms with Crippen molar-refractivity contribution in [2.45, 2.75) is 39.2 Å². The smallest absolute Gasteiger partial charge is 0.336 e. The molecular weight excluding hydrogens is 302 g/mol. The maximum atomic E-state index is 12.7. The van der Waals surface area contributed by atoms with Crippen molar-refractivity contribution in [1.82, 2.24) is 4.90 Å². The van der Waals surface area contributed by atoms with Gasteiger partial charge >= 0.3 is 17.9 Å². The summed E-state index contributed by atoms with van der Waals surface area (Å²) in [6, 6.07) is -0.284. The Morgan fingerprint density at radius 2 is 1.96 bits per heavy atom. The summed E-state index contributed by atoms with van der Waals surface area (Å²) >= 11 is 0. The molecule has 0 bridgehead atoms. The summed E-state index contributed by atoms with van der Waals surface area (Å²) in [6.45, 7) is 4.42. The van der Waals surface area contributed by atoms with Gasteiger partial charge in [-0.25, -0.2) is 4.79 Å². The van der Waals surface area contributed by atoms with Crippen molar-refractivity contribution in [2.24, 2.45) is 5.41 Å². The number of carbonyl (C=O) groups is 3. The molecule has 0 amide bonds. The first-order valence-electron chi connectivity index (χ1n) is 7.74. The van der Waals surface area contributed by atoms with E-state index in [2.05, 4.69) is 0 Å². The molecule has 0 saturated carbocycles.